The van der Waals surface area contributed by atoms with Crippen molar-refractivity contribution in [2.75, 3.05) is 20.2 Å². The molecule has 0 bridgehead atoms. The monoisotopic (exact) mass is 298 g/mol. The third-order valence-corrected chi connectivity index (χ3v) is 3.46. The van der Waals surface area contributed by atoms with E-state index in [2.05, 4.69) is 10.6 Å². The van der Waals surface area contributed by atoms with Gasteiger partial charge in [0.1, 0.15) is 5.75 Å². The van der Waals surface area contributed by atoms with E-state index in [9.17, 15) is 4.79 Å². The number of nitrogens with one attached hydrogen (secondary N) is 2. The second kappa shape index (κ2) is 8.82. The summed E-state index contributed by atoms with van der Waals surface area (Å²) in [6, 6.07) is 8.18. The molecule has 4 nitrogen and oxygen atoms in total. The summed E-state index contributed by atoms with van der Waals surface area (Å²) in [5.41, 5.74) is 1.16. The van der Waals surface area contributed by atoms with Crippen molar-refractivity contribution in [1.82, 2.24) is 10.6 Å². The van der Waals surface area contributed by atoms with E-state index < -0.39 is 0 Å². The molecule has 1 amide bonds. The molecule has 0 aromatic heterocycles. The van der Waals surface area contributed by atoms with Crippen LogP contribution in [0.25, 0.3) is 0 Å². The number of halogens is 1. The molecule has 0 saturated carbocycles. The van der Waals surface area contributed by atoms with Gasteiger partial charge in [-0.05, 0) is 43.5 Å². The second-order valence-corrected chi connectivity index (χ2v) is 4.96. The maximum atomic E-state index is 11.8. The van der Waals surface area contributed by atoms with Crippen LogP contribution in [0, 0.1) is 0 Å². The average molecular weight is 299 g/mol. The summed E-state index contributed by atoms with van der Waals surface area (Å²) in [5, 5.41) is 6.38. The molecule has 2 rings (SSSR count). The number of benzene rings is 1. The number of hydrogen-bond donors (Lipinski definition) is 2. The smallest absolute Gasteiger partial charge is 0.220 e. The van der Waals surface area contributed by atoms with Gasteiger partial charge in [-0.1, -0.05) is 12.1 Å². The Labute approximate surface area is 126 Å². The third-order valence-electron chi connectivity index (χ3n) is 3.46. The van der Waals surface area contributed by atoms with Crippen LogP contribution in [0.4, 0.5) is 0 Å². The summed E-state index contributed by atoms with van der Waals surface area (Å²) < 4.78 is 5.11. The van der Waals surface area contributed by atoms with Crippen molar-refractivity contribution in [3.05, 3.63) is 29.8 Å². The fraction of sp³-hybridized carbons (Fsp3) is 0.533. The summed E-state index contributed by atoms with van der Waals surface area (Å²) in [7, 11) is 1.65. The molecular formula is C15H23ClN2O2. The summed E-state index contributed by atoms with van der Waals surface area (Å²) in [6.07, 6.45) is 3.55. The van der Waals surface area contributed by atoms with Crippen LogP contribution in [0.15, 0.2) is 24.3 Å². The van der Waals surface area contributed by atoms with Gasteiger partial charge in [-0.15, -0.1) is 12.4 Å². The minimum absolute atomic E-state index is 0. The number of methoxy groups -OCH3 is 1. The molecule has 2 N–H and O–H groups in total. The highest BCUT2D eigenvalue weighted by Crippen LogP contribution is 2.12. The van der Waals surface area contributed by atoms with Gasteiger partial charge in [0.15, 0.2) is 0 Å². The van der Waals surface area contributed by atoms with E-state index >= 15 is 0 Å². The molecule has 1 aliphatic rings. The van der Waals surface area contributed by atoms with E-state index in [0.717, 1.165) is 43.7 Å². The predicted octanol–water partition coefficient (Wildman–Crippen LogP) is 1.92. The molecule has 1 aliphatic heterocycles. The molecule has 112 valence electrons. The molecule has 1 fully saturated rings. The van der Waals surface area contributed by atoms with Crippen molar-refractivity contribution < 1.29 is 9.53 Å². The fourth-order valence-corrected chi connectivity index (χ4v) is 2.32. The summed E-state index contributed by atoms with van der Waals surface area (Å²) in [5.74, 6) is 0.992. The zero-order valence-electron chi connectivity index (χ0n) is 11.9. The molecule has 1 heterocycles. The number of rotatable bonds is 5. The van der Waals surface area contributed by atoms with Crippen LogP contribution in [0.2, 0.25) is 0 Å². The van der Waals surface area contributed by atoms with Crippen molar-refractivity contribution in [2.24, 2.45) is 0 Å². The van der Waals surface area contributed by atoms with E-state index in [1.807, 2.05) is 24.3 Å². The number of hydrogen-bond acceptors (Lipinski definition) is 3. The van der Waals surface area contributed by atoms with Crippen LogP contribution in [-0.4, -0.2) is 32.1 Å². The van der Waals surface area contributed by atoms with Gasteiger partial charge in [-0.2, -0.15) is 0 Å². The fourth-order valence-electron chi connectivity index (χ4n) is 2.32. The SMILES string of the molecule is COc1ccc(CCC(=O)N[C@H]2CCCNC2)cc1.Cl. The predicted molar refractivity (Wildman–Crippen MR) is 82.6 cm³/mol. The number of piperidine rings is 1. The lowest BCUT2D eigenvalue weighted by Crippen LogP contribution is -2.45. The summed E-state index contributed by atoms with van der Waals surface area (Å²) >= 11 is 0. The molecule has 1 aromatic rings. The molecule has 20 heavy (non-hydrogen) atoms. The lowest BCUT2D eigenvalue weighted by molar-refractivity contribution is -0.121. The molecule has 0 radical (unpaired) electrons. The topological polar surface area (TPSA) is 50.4 Å². The zero-order chi connectivity index (χ0) is 13.5. The maximum absolute atomic E-state index is 11.8. The van der Waals surface area contributed by atoms with Crippen LogP contribution >= 0.6 is 12.4 Å². The molecule has 5 heteroatoms. The van der Waals surface area contributed by atoms with E-state index in [1.165, 1.54) is 0 Å². The van der Waals surface area contributed by atoms with E-state index in [4.69, 9.17) is 4.74 Å². The van der Waals surface area contributed by atoms with Gasteiger partial charge in [0, 0.05) is 19.0 Å². The van der Waals surface area contributed by atoms with Crippen molar-refractivity contribution >= 4 is 18.3 Å². The van der Waals surface area contributed by atoms with Crippen LogP contribution in [0.5, 0.6) is 5.75 Å². The van der Waals surface area contributed by atoms with Crippen molar-refractivity contribution in [3.8, 4) is 5.75 Å². The standard InChI is InChI=1S/C15H22N2O2.ClH/c1-19-14-7-4-12(5-8-14)6-9-15(18)17-13-3-2-10-16-11-13;/h4-5,7-8,13,16H,2-3,6,9-11H2,1H3,(H,17,18);1H/t13-;/m0./s1. The first-order valence-corrected chi connectivity index (χ1v) is 6.91. The van der Waals surface area contributed by atoms with Gasteiger partial charge in [0.25, 0.3) is 0 Å². The summed E-state index contributed by atoms with van der Waals surface area (Å²) in [6.45, 7) is 1.96. The largest absolute Gasteiger partial charge is 0.497 e. The Morgan fingerprint density at radius 2 is 2.15 bits per heavy atom. The second-order valence-electron chi connectivity index (χ2n) is 4.96. The number of aryl methyl sites for hydroxylation is 1. The van der Waals surface area contributed by atoms with E-state index in [-0.39, 0.29) is 18.3 Å². The highest BCUT2D eigenvalue weighted by molar-refractivity contribution is 5.85. The van der Waals surface area contributed by atoms with Crippen molar-refractivity contribution in [3.63, 3.8) is 0 Å². The number of ether oxygens (including phenoxy) is 1. The molecule has 1 aromatic carbocycles. The Morgan fingerprint density at radius 1 is 1.40 bits per heavy atom. The normalized spacial score (nSPS) is 17.9. The van der Waals surface area contributed by atoms with Gasteiger partial charge in [0.05, 0.1) is 7.11 Å². The highest BCUT2D eigenvalue weighted by atomic mass is 35.5. The Bertz CT molecular complexity index is 403. The Morgan fingerprint density at radius 3 is 2.75 bits per heavy atom. The van der Waals surface area contributed by atoms with Gasteiger partial charge < -0.3 is 15.4 Å². The number of carbonyl (C=O) groups excluding carboxylic acids is 1. The Kier molecular flexibility index (Phi) is 7.41. The van der Waals surface area contributed by atoms with Crippen LogP contribution in [-0.2, 0) is 11.2 Å². The van der Waals surface area contributed by atoms with Crippen LogP contribution < -0.4 is 15.4 Å². The maximum Gasteiger partial charge on any atom is 0.220 e. The molecule has 0 spiro atoms. The Balaban J connectivity index is 0.00000200. The molecule has 0 aliphatic carbocycles. The number of amides is 1. The van der Waals surface area contributed by atoms with Gasteiger partial charge in [-0.25, -0.2) is 0 Å². The molecular weight excluding hydrogens is 276 g/mol. The zero-order valence-corrected chi connectivity index (χ0v) is 12.7. The van der Waals surface area contributed by atoms with Crippen molar-refractivity contribution in [1.29, 1.82) is 0 Å². The molecule has 1 saturated heterocycles. The van der Waals surface area contributed by atoms with Crippen molar-refractivity contribution in [2.45, 2.75) is 31.7 Å². The van der Waals surface area contributed by atoms with Crippen LogP contribution in [0.3, 0.4) is 0 Å². The first-order valence-electron chi connectivity index (χ1n) is 6.91. The van der Waals surface area contributed by atoms with Gasteiger partial charge >= 0.3 is 0 Å². The lowest BCUT2D eigenvalue weighted by Gasteiger charge is -2.23. The third kappa shape index (κ3) is 5.39. The highest BCUT2D eigenvalue weighted by Gasteiger charge is 2.14. The average Bonchev–Trinajstić information content (AvgIpc) is 2.47. The lowest BCUT2D eigenvalue weighted by atomic mass is 10.1. The minimum atomic E-state index is 0. The van der Waals surface area contributed by atoms with Gasteiger partial charge in [-0.3, -0.25) is 4.79 Å². The number of carbonyl (C=O) groups is 1. The van der Waals surface area contributed by atoms with Gasteiger partial charge in [0.2, 0.25) is 5.91 Å². The minimum Gasteiger partial charge on any atom is -0.497 e. The molecule has 0 unspecified atom stereocenters. The van der Waals surface area contributed by atoms with E-state index in [1.54, 1.807) is 7.11 Å². The van der Waals surface area contributed by atoms with E-state index in [0.29, 0.717) is 12.5 Å². The Hall–Kier alpha value is -1.26. The summed E-state index contributed by atoms with van der Waals surface area (Å²) in [4.78, 5) is 11.8. The molecule has 1 atom stereocenters. The first-order chi connectivity index (χ1) is 9.28. The first kappa shape index (κ1) is 16.8. The van der Waals surface area contributed by atoms with Crippen LogP contribution in [0.1, 0.15) is 24.8 Å². The quantitative estimate of drug-likeness (QED) is 0.873.